The summed E-state index contributed by atoms with van der Waals surface area (Å²) in [6.45, 7) is 15.1. The Balaban J connectivity index is 1.07. The van der Waals surface area contributed by atoms with Crippen LogP contribution in [0.5, 0.6) is 0 Å². The molecule has 7 rings (SSSR count). The SMILES string of the molecule is CC(=CC#N)[C@@H]1CC[C@]2(C(=O)NCCc3cccc(C(=O)NCc4ccc(C(=O)O)cn4)c3)CC[C@]3(C)C(CCC4[C@@]5(C)CC[C@H](O)C(C)(C)C5CC[C@]43C)C12. The Morgan fingerprint density at radius 3 is 2.39 bits per heavy atom. The lowest BCUT2D eigenvalue weighted by molar-refractivity contribution is -0.246. The van der Waals surface area contributed by atoms with Gasteiger partial charge in [0, 0.05) is 24.4 Å². The molecular weight excluding hydrogens is 701 g/mol. The summed E-state index contributed by atoms with van der Waals surface area (Å²) in [5.41, 5.74) is 3.08. The minimum Gasteiger partial charge on any atom is -0.478 e. The molecule has 4 unspecified atom stereocenters. The number of rotatable bonds is 9. The van der Waals surface area contributed by atoms with Gasteiger partial charge in [-0.15, -0.1) is 0 Å². The van der Waals surface area contributed by atoms with E-state index in [1.807, 2.05) is 18.2 Å². The number of aliphatic hydroxyl groups excluding tert-OH is 1. The molecule has 9 heteroatoms. The minimum absolute atomic E-state index is 0.0765. The van der Waals surface area contributed by atoms with Gasteiger partial charge in [-0.05, 0) is 159 Å². The van der Waals surface area contributed by atoms with Crippen molar-refractivity contribution in [2.45, 2.75) is 125 Å². The van der Waals surface area contributed by atoms with Crippen LogP contribution in [-0.2, 0) is 17.8 Å². The molecule has 5 aliphatic carbocycles. The van der Waals surface area contributed by atoms with E-state index in [0.717, 1.165) is 68.9 Å². The van der Waals surface area contributed by atoms with Crippen molar-refractivity contribution in [3.8, 4) is 6.07 Å². The number of carboxylic acid groups (broad SMARTS) is 1. The van der Waals surface area contributed by atoms with E-state index in [1.165, 1.54) is 18.7 Å². The minimum atomic E-state index is -1.05. The van der Waals surface area contributed by atoms with Gasteiger partial charge in [0.2, 0.25) is 5.91 Å². The summed E-state index contributed by atoms with van der Waals surface area (Å²) in [5.74, 6) is 0.718. The molecule has 2 amide bonds. The predicted molar refractivity (Wildman–Crippen MR) is 215 cm³/mol. The molecule has 10 atom stereocenters. The third kappa shape index (κ3) is 6.39. The van der Waals surface area contributed by atoms with Crippen LogP contribution in [0, 0.1) is 68.0 Å². The van der Waals surface area contributed by atoms with Gasteiger partial charge in [-0.25, -0.2) is 4.79 Å². The fourth-order valence-electron chi connectivity index (χ4n) is 14.0. The van der Waals surface area contributed by atoms with Crippen molar-refractivity contribution in [3.63, 3.8) is 0 Å². The topological polar surface area (TPSA) is 152 Å². The molecule has 5 saturated carbocycles. The summed E-state index contributed by atoms with van der Waals surface area (Å²) >= 11 is 0. The second kappa shape index (κ2) is 14.7. The number of aromatic nitrogens is 1. The molecule has 56 heavy (non-hydrogen) atoms. The third-order valence-electron chi connectivity index (χ3n) is 17.1. The van der Waals surface area contributed by atoms with Gasteiger partial charge in [0.25, 0.3) is 5.91 Å². The number of carboxylic acids is 1. The molecule has 5 aliphatic rings. The fourth-order valence-corrected chi connectivity index (χ4v) is 14.0. The van der Waals surface area contributed by atoms with Crippen LogP contribution in [0.15, 0.2) is 54.2 Å². The molecule has 5 fully saturated rings. The number of fused-ring (bicyclic) bond motifs is 7. The van der Waals surface area contributed by atoms with Crippen LogP contribution in [0.4, 0.5) is 0 Å². The average molecular weight is 763 g/mol. The number of pyridine rings is 1. The van der Waals surface area contributed by atoms with Crippen LogP contribution >= 0.6 is 0 Å². The van der Waals surface area contributed by atoms with Gasteiger partial charge in [-0.1, -0.05) is 52.3 Å². The third-order valence-corrected chi connectivity index (χ3v) is 17.1. The molecule has 1 aromatic carbocycles. The lowest BCUT2D eigenvalue weighted by atomic mass is 9.32. The van der Waals surface area contributed by atoms with Gasteiger partial charge in [-0.2, -0.15) is 5.26 Å². The van der Waals surface area contributed by atoms with Crippen molar-refractivity contribution < 1.29 is 24.6 Å². The molecule has 9 nitrogen and oxygen atoms in total. The first kappa shape index (κ1) is 40.2. The predicted octanol–water partition coefficient (Wildman–Crippen LogP) is 8.28. The quantitative estimate of drug-likeness (QED) is 0.188. The highest BCUT2D eigenvalue weighted by Gasteiger charge is 2.71. The summed E-state index contributed by atoms with van der Waals surface area (Å²) in [6.07, 6.45) is 13.6. The molecule has 0 spiro atoms. The molecule has 1 heterocycles. The van der Waals surface area contributed by atoms with Crippen LogP contribution in [-0.4, -0.2) is 45.6 Å². The second-order valence-electron chi connectivity index (χ2n) is 19.6. The first-order valence-electron chi connectivity index (χ1n) is 21.1. The Kier molecular flexibility index (Phi) is 10.6. The van der Waals surface area contributed by atoms with Gasteiger partial charge < -0.3 is 20.8 Å². The summed E-state index contributed by atoms with van der Waals surface area (Å²) in [7, 11) is 0. The van der Waals surface area contributed by atoms with Crippen LogP contribution < -0.4 is 10.6 Å². The lowest BCUT2D eigenvalue weighted by Crippen LogP contribution is -2.67. The second-order valence-corrected chi connectivity index (χ2v) is 19.6. The van der Waals surface area contributed by atoms with Crippen molar-refractivity contribution in [2.75, 3.05) is 6.54 Å². The number of nitriles is 1. The Morgan fingerprint density at radius 1 is 0.893 bits per heavy atom. The van der Waals surface area contributed by atoms with Gasteiger partial charge in [0.1, 0.15) is 0 Å². The Bertz CT molecular complexity index is 1930. The molecule has 0 aliphatic heterocycles. The van der Waals surface area contributed by atoms with Gasteiger partial charge in [0.05, 0.1) is 35.4 Å². The number of carbonyl (C=O) groups excluding carboxylic acids is 2. The summed E-state index contributed by atoms with van der Waals surface area (Å²) < 4.78 is 0. The highest BCUT2D eigenvalue weighted by molar-refractivity contribution is 5.94. The maximum absolute atomic E-state index is 14.7. The molecule has 0 bridgehead atoms. The van der Waals surface area contributed by atoms with E-state index in [4.69, 9.17) is 5.11 Å². The Hall–Kier alpha value is -4.03. The Morgan fingerprint density at radius 2 is 1.68 bits per heavy atom. The number of nitrogens with zero attached hydrogens (tertiary/aromatic N) is 2. The van der Waals surface area contributed by atoms with Crippen LogP contribution in [0.2, 0.25) is 0 Å². The monoisotopic (exact) mass is 762 g/mol. The number of hydrogen-bond donors (Lipinski definition) is 4. The number of allylic oxidation sites excluding steroid dienone is 2. The lowest BCUT2D eigenvalue weighted by Gasteiger charge is -2.72. The van der Waals surface area contributed by atoms with Crippen LogP contribution in [0.25, 0.3) is 0 Å². The number of aromatic carboxylic acids is 1. The van der Waals surface area contributed by atoms with Crippen molar-refractivity contribution in [1.29, 1.82) is 5.26 Å². The highest BCUT2D eigenvalue weighted by Crippen LogP contribution is 2.77. The highest BCUT2D eigenvalue weighted by atomic mass is 16.4. The molecule has 2 aromatic rings. The molecule has 1 aromatic heterocycles. The summed E-state index contributed by atoms with van der Waals surface area (Å²) in [6, 6.07) is 12.8. The molecule has 300 valence electrons. The van der Waals surface area contributed by atoms with Gasteiger partial charge in [-0.3, -0.25) is 14.6 Å². The first-order valence-corrected chi connectivity index (χ1v) is 21.1. The smallest absolute Gasteiger partial charge is 0.337 e. The van der Waals surface area contributed by atoms with Crippen LogP contribution in [0.3, 0.4) is 0 Å². The van der Waals surface area contributed by atoms with Gasteiger partial charge in [0.15, 0.2) is 0 Å². The molecule has 0 radical (unpaired) electrons. The largest absolute Gasteiger partial charge is 0.478 e. The summed E-state index contributed by atoms with van der Waals surface area (Å²) in [4.78, 5) is 43.0. The fraction of sp³-hybridized carbons (Fsp3) is 0.638. The number of amides is 2. The van der Waals surface area contributed by atoms with E-state index >= 15 is 0 Å². The standard InChI is InChI=1S/C47H62N4O5/c1-29(17-24-48)34-14-21-47(42(56)49-25-18-30-8-7-9-31(26-30)40(53)51-28-33-11-10-32(27-50-33)41(54)55)23-22-45(5)35(39(34)47)12-13-37-44(4)19-16-38(52)43(2,3)36(44)15-20-46(37,45)6/h7-11,17,26-27,34-39,52H,12-16,18-23,25,28H2,1-6H3,(H,49,56)(H,51,53)(H,54,55)/t34-,35?,36?,37?,38-,39?,44-,45+,46+,47-/m0/s1. The van der Waals surface area contributed by atoms with E-state index in [1.54, 1.807) is 18.2 Å². The normalized spacial score (nSPS) is 37.1. The number of nitrogens with one attached hydrogen (secondary N) is 2. The van der Waals surface area contributed by atoms with Crippen molar-refractivity contribution in [1.82, 2.24) is 15.6 Å². The maximum Gasteiger partial charge on any atom is 0.337 e. The zero-order valence-corrected chi connectivity index (χ0v) is 34.3. The molecule has 4 N–H and O–H groups in total. The van der Waals surface area contributed by atoms with Gasteiger partial charge >= 0.3 is 5.97 Å². The maximum atomic E-state index is 14.7. The van der Waals surface area contributed by atoms with Crippen molar-refractivity contribution in [3.05, 3.63) is 76.6 Å². The van der Waals surface area contributed by atoms with Crippen LogP contribution in [0.1, 0.15) is 138 Å². The van der Waals surface area contributed by atoms with E-state index in [-0.39, 0.29) is 63.5 Å². The number of hydrogen-bond acceptors (Lipinski definition) is 6. The van der Waals surface area contributed by atoms with E-state index < -0.39 is 11.4 Å². The zero-order valence-electron chi connectivity index (χ0n) is 34.3. The average Bonchev–Trinajstić information content (AvgIpc) is 3.57. The van der Waals surface area contributed by atoms with E-state index in [9.17, 15) is 24.8 Å². The first-order chi connectivity index (χ1) is 26.5. The zero-order chi connectivity index (χ0) is 40.3. The van der Waals surface area contributed by atoms with E-state index in [0.29, 0.717) is 42.0 Å². The number of carbonyl (C=O) groups is 3. The number of benzene rings is 1. The Labute approximate surface area is 333 Å². The van der Waals surface area contributed by atoms with Crippen molar-refractivity contribution in [2.24, 2.45) is 56.7 Å². The molecule has 0 saturated heterocycles. The van der Waals surface area contributed by atoms with E-state index in [2.05, 4.69) is 63.2 Å². The van der Waals surface area contributed by atoms with Crippen molar-refractivity contribution >= 4 is 17.8 Å². The number of aliphatic hydroxyl groups is 1. The summed E-state index contributed by atoms with van der Waals surface area (Å²) in [5, 5.41) is 36.3. The molecular formula is C47H62N4O5.